The lowest BCUT2D eigenvalue weighted by atomic mass is 9.90. The standard InChI is InChI=1S/C22H31N5O2/c1-3-20-23-14-18(19-13-16(2)25-29-19)22(24-20)17-7-11-26(12-8-17)15-21(28)27-9-5-4-6-10-27/h13-14,17H,3-12,15H2,1-2H3. The Morgan fingerprint density at radius 2 is 1.93 bits per heavy atom. The molecule has 4 rings (SSSR count). The zero-order valence-electron chi connectivity index (χ0n) is 17.6. The Labute approximate surface area is 172 Å². The summed E-state index contributed by atoms with van der Waals surface area (Å²) in [5, 5.41) is 4.03. The summed E-state index contributed by atoms with van der Waals surface area (Å²) in [7, 11) is 0. The molecule has 0 atom stereocenters. The SMILES string of the molecule is CCc1ncc(-c2cc(C)no2)c(C2CCN(CC(=O)N3CCCCC3)CC2)n1. The van der Waals surface area contributed by atoms with E-state index in [0.717, 1.165) is 86.8 Å². The molecule has 2 saturated heterocycles. The Morgan fingerprint density at radius 3 is 2.59 bits per heavy atom. The van der Waals surface area contributed by atoms with Gasteiger partial charge in [-0.05, 0) is 52.1 Å². The van der Waals surface area contributed by atoms with Crippen LogP contribution in [0.1, 0.15) is 62.2 Å². The van der Waals surface area contributed by atoms with Gasteiger partial charge in [-0.15, -0.1) is 0 Å². The fraction of sp³-hybridized carbons (Fsp3) is 0.636. The maximum absolute atomic E-state index is 12.6. The van der Waals surface area contributed by atoms with Crippen LogP contribution in [0.25, 0.3) is 11.3 Å². The van der Waals surface area contributed by atoms with Gasteiger partial charge in [-0.3, -0.25) is 9.69 Å². The molecule has 7 heteroatoms. The Balaban J connectivity index is 1.43. The molecule has 2 aromatic rings. The fourth-order valence-electron chi connectivity index (χ4n) is 4.39. The van der Waals surface area contributed by atoms with Gasteiger partial charge in [-0.1, -0.05) is 12.1 Å². The van der Waals surface area contributed by atoms with Crippen molar-refractivity contribution < 1.29 is 9.32 Å². The van der Waals surface area contributed by atoms with Gasteiger partial charge in [0.2, 0.25) is 5.91 Å². The zero-order valence-corrected chi connectivity index (χ0v) is 17.6. The van der Waals surface area contributed by atoms with E-state index in [2.05, 4.69) is 22.0 Å². The Hall–Kier alpha value is -2.28. The minimum Gasteiger partial charge on any atom is -0.356 e. The molecular weight excluding hydrogens is 366 g/mol. The maximum atomic E-state index is 12.6. The molecule has 0 bridgehead atoms. The van der Waals surface area contributed by atoms with Gasteiger partial charge in [0.25, 0.3) is 0 Å². The van der Waals surface area contributed by atoms with Crippen molar-refractivity contribution in [3.8, 4) is 11.3 Å². The van der Waals surface area contributed by atoms with Gasteiger partial charge in [-0.2, -0.15) is 0 Å². The van der Waals surface area contributed by atoms with E-state index in [-0.39, 0.29) is 5.91 Å². The lowest BCUT2D eigenvalue weighted by Crippen LogP contribution is -2.44. The summed E-state index contributed by atoms with van der Waals surface area (Å²) in [6, 6.07) is 1.94. The first-order valence-electron chi connectivity index (χ1n) is 10.9. The highest BCUT2D eigenvalue weighted by Gasteiger charge is 2.28. The van der Waals surface area contributed by atoms with E-state index >= 15 is 0 Å². The van der Waals surface area contributed by atoms with Gasteiger partial charge in [0, 0.05) is 37.7 Å². The van der Waals surface area contributed by atoms with Gasteiger partial charge < -0.3 is 9.42 Å². The number of likely N-dealkylation sites (tertiary alicyclic amines) is 2. The molecule has 0 aliphatic carbocycles. The summed E-state index contributed by atoms with van der Waals surface area (Å²) in [6.07, 6.45) is 8.22. The summed E-state index contributed by atoms with van der Waals surface area (Å²) >= 11 is 0. The number of amides is 1. The van der Waals surface area contributed by atoms with E-state index in [9.17, 15) is 4.79 Å². The Morgan fingerprint density at radius 1 is 1.17 bits per heavy atom. The molecule has 156 valence electrons. The van der Waals surface area contributed by atoms with Crippen LogP contribution in [-0.4, -0.2) is 63.6 Å². The molecule has 0 spiro atoms. The van der Waals surface area contributed by atoms with E-state index in [0.29, 0.717) is 12.5 Å². The van der Waals surface area contributed by atoms with Crippen molar-refractivity contribution in [2.75, 3.05) is 32.7 Å². The van der Waals surface area contributed by atoms with Crippen LogP contribution in [0.5, 0.6) is 0 Å². The third kappa shape index (κ3) is 4.66. The molecule has 4 heterocycles. The molecule has 0 N–H and O–H groups in total. The second-order valence-corrected chi connectivity index (χ2v) is 8.26. The number of rotatable bonds is 5. The molecule has 0 radical (unpaired) electrons. The smallest absolute Gasteiger partial charge is 0.236 e. The molecule has 2 aliphatic rings. The molecule has 0 aromatic carbocycles. The zero-order chi connectivity index (χ0) is 20.2. The van der Waals surface area contributed by atoms with Crippen LogP contribution < -0.4 is 0 Å². The number of carbonyl (C=O) groups excluding carboxylic acids is 1. The van der Waals surface area contributed by atoms with Crippen LogP contribution in [0.4, 0.5) is 0 Å². The number of nitrogens with zero attached hydrogens (tertiary/aromatic N) is 5. The van der Waals surface area contributed by atoms with Crippen molar-refractivity contribution in [1.82, 2.24) is 24.9 Å². The van der Waals surface area contributed by atoms with Gasteiger partial charge in [0.05, 0.1) is 23.5 Å². The highest BCUT2D eigenvalue weighted by Crippen LogP contribution is 2.34. The van der Waals surface area contributed by atoms with Crippen molar-refractivity contribution in [3.05, 3.63) is 29.5 Å². The quantitative estimate of drug-likeness (QED) is 0.771. The van der Waals surface area contributed by atoms with E-state index < -0.39 is 0 Å². The third-order valence-electron chi connectivity index (χ3n) is 6.12. The van der Waals surface area contributed by atoms with Crippen molar-refractivity contribution in [1.29, 1.82) is 0 Å². The van der Waals surface area contributed by atoms with E-state index in [1.54, 1.807) is 0 Å². The van der Waals surface area contributed by atoms with Crippen LogP contribution in [0.2, 0.25) is 0 Å². The van der Waals surface area contributed by atoms with Gasteiger partial charge in [-0.25, -0.2) is 9.97 Å². The van der Waals surface area contributed by atoms with Crippen molar-refractivity contribution in [3.63, 3.8) is 0 Å². The average Bonchev–Trinajstić information content (AvgIpc) is 3.20. The van der Waals surface area contributed by atoms with Gasteiger partial charge in [0.1, 0.15) is 5.82 Å². The van der Waals surface area contributed by atoms with Crippen molar-refractivity contribution >= 4 is 5.91 Å². The first kappa shape index (κ1) is 20.0. The highest BCUT2D eigenvalue weighted by molar-refractivity contribution is 5.78. The van der Waals surface area contributed by atoms with Gasteiger partial charge in [0.15, 0.2) is 5.76 Å². The monoisotopic (exact) mass is 397 g/mol. The minimum absolute atomic E-state index is 0.288. The van der Waals surface area contributed by atoms with E-state index in [1.165, 1.54) is 6.42 Å². The molecular formula is C22H31N5O2. The summed E-state index contributed by atoms with van der Waals surface area (Å²) in [4.78, 5) is 26.3. The summed E-state index contributed by atoms with van der Waals surface area (Å²) in [5.74, 6) is 2.24. The predicted octanol–water partition coefficient (Wildman–Crippen LogP) is 3.19. The van der Waals surface area contributed by atoms with Crippen LogP contribution in [0.3, 0.4) is 0 Å². The summed E-state index contributed by atoms with van der Waals surface area (Å²) in [6.45, 7) is 8.24. The molecule has 7 nitrogen and oxygen atoms in total. The van der Waals surface area contributed by atoms with Crippen LogP contribution >= 0.6 is 0 Å². The summed E-state index contributed by atoms with van der Waals surface area (Å²) < 4.78 is 5.51. The number of hydrogen-bond acceptors (Lipinski definition) is 6. The molecule has 2 fully saturated rings. The Bertz CT molecular complexity index is 835. The van der Waals surface area contributed by atoms with Crippen LogP contribution in [0, 0.1) is 6.92 Å². The molecule has 0 unspecified atom stereocenters. The molecule has 29 heavy (non-hydrogen) atoms. The molecule has 2 aromatic heterocycles. The number of hydrogen-bond donors (Lipinski definition) is 0. The fourth-order valence-corrected chi connectivity index (χ4v) is 4.39. The average molecular weight is 398 g/mol. The van der Waals surface area contributed by atoms with Crippen LogP contribution in [0.15, 0.2) is 16.8 Å². The topological polar surface area (TPSA) is 75.4 Å². The van der Waals surface area contributed by atoms with Crippen molar-refractivity contribution in [2.24, 2.45) is 0 Å². The van der Waals surface area contributed by atoms with E-state index in [4.69, 9.17) is 9.51 Å². The number of carbonyl (C=O) groups is 1. The number of aromatic nitrogens is 3. The molecule has 0 saturated carbocycles. The minimum atomic E-state index is 0.288. The van der Waals surface area contributed by atoms with E-state index in [1.807, 2.05) is 24.1 Å². The highest BCUT2D eigenvalue weighted by atomic mass is 16.5. The maximum Gasteiger partial charge on any atom is 0.236 e. The van der Waals surface area contributed by atoms with Gasteiger partial charge >= 0.3 is 0 Å². The van der Waals surface area contributed by atoms with Crippen LogP contribution in [-0.2, 0) is 11.2 Å². The number of aryl methyl sites for hydroxylation is 2. The lowest BCUT2D eigenvalue weighted by molar-refractivity contribution is -0.133. The first-order chi connectivity index (χ1) is 14.1. The third-order valence-corrected chi connectivity index (χ3v) is 6.12. The first-order valence-corrected chi connectivity index (χ1v) is 10.9. The lowest BCUT2D eigenvalue weighted by Gasteiger charge is -2.34. The Kier molecular flexibility index (Phi) is 6.23. The normalized spacial score (nSPS) is 18.9. The largest absolute Gasteiger partial charge is 0.356 e. The summed E-state index contributed by atoms with van der Waals surface area (Å²) in [5.41, 5.74) is 2.87. The molecule has 1 amide bonds. The number of piperidine rings is 2. The second-order valence-electron chi connectivity index (χ2n) is 8.26. The molecule has 2 aliphatic heterocycles. The predicted molar refractivity (Wildman–Crippen MR) is 110 cm³/mol. The second kappa shape index (κ2) is 9.03. The van der Waals surface area contributed by atoms with Crippen molar-refractivity contribution in [2.45, 2.75) is 58.3 Å².